The van der Waals surface area contributed by atoms with Crippen LogP contribution in [0.2, 0.25) is 0 Å². The number of amides is 2. The molecule has 0 aliphatic heterocycles. The fraction of sp³-hybridized carbons (Fsp3) is 0.188. The van der Waals surface area contributed by atoms with Crippen LogP contribution in [0.3, 0.4) is 0 Å². The Labute approximate surface area is 137 Å². The maximum Gasteiger partial charge on any atom is 0.349 e. The summed E-state index contributed by atoms with van der Waals surface area (Å²) in [6.45, 7) is 2.83. The van der Waals surface area contributed by atoms with Gasteiger partial charge in [0.15, 0.2) is 6.61 Å². The molecular weight excluding hydrogens is 316 g/mol. The number of esters is 1. The summed E-state index contributed by atoms with van der Waals surface area (Å²) in [4.78, 5) is 35.2. The average molecular weight is 332 g/mol. The molecule has 0 aliphatic rings. The molecule has 1 heterocycles. The Morgan fingerprint density at radius 2 is 1.83 bits per heavy atom. The van der Waals surface area contributed by atoms with E-state index in [1.807, 2.05) is 6.07 Å². The van der Waals surface area contributed by atoms with Crippen LogP contribution in [0, 0.1) is 6.92 Å². The normalized spacial score (nSPS) is 10.0. The highest BCUT2D eigenvalue weighted by molar-refractivity contribution is 7.12. The van der Waals surface area contributed by atoms with Crippen molar-refractivity contribution in [2.75, 3.05) is 17.2 Å². The molecule has 0 saturated carbocycles. The van der Waals surface area contributed by atoms with Gasteiger partial charge in [0, 0.05) is 18.3 Å². The average Bonchev–Trinajstić information content (AvgIpc) is 2.90. The number of ether oxygens (including phenoxy) is 1. The minimum Gasteiger partial charge on any atom is -0.451 e. The molecule has 0 bridgehead atoms. The van der Waals surface area contributed by atoms with Crippen LogP contribution >= 0.6 is 11.3 Å². The molecule has 0 spiro atoms. The van der Waals surface area contributed by atoms with Gasteiger partial charge in [0.2, 0.25) is 5.91 Å². The molecule has 2 rings (SSSR count). The lowest BCUT2D eigenvalue weighted by molar-refractivity contribution is -0.119. The van der Waals surface area contributed by atoms with E-state index in [-0.39, 0.29) is 12.5 Å². The predicted molar refractivity (Wildman–Crippen MR) is 88.7 cm³/mol. The Bertz CT molecular complexity index is 739. The topological polar surface area (TPSA) is 84.5 Å². The molecule has 0 aliphatic carbocycles. The maximum atomic E-state index is 11.8. The van der Waals surface area contributed by atoms with Crippen LogP contribution in [0.15, 0.2) is 35.7 Å². The summed E-state index contributed by atoms with van der Waals surface area (Å²) in [6.07, 6.45) is 0. The van der Waals surface area contributed by atoms with Crippen molar-refractivity contribution in [3.05, 3.63) is 46.2 Å². The third-order valence-corrected chi connectivity index (χ3v) is 3.85. The van der Waals surface area contributed by atoms with Gasteiger partial charge in [0.1, 0.15) is 4.88 Å². The lowest BCUT2D eigenvalue weighted by Gasteiger charge is -2.08. The number of anilines is 2. The van der Waals surface area contributed by atoms with Gasteiger partial charge in [-0.3, -0.25) is 9.59 Å². The summed E-state index contributed by atoms with van der Waals surface area (Å²) in [7, 11) is 0. The first-order chi connectivity index (χ1) is 11.0. The van der Waals surface area contributed by atoms with E-state index in [1.165, 1.54) is 18.3 Å². The third-order valence-electron chi connectivity index (χ3n) is 2.85. The maximum absolute atomic E-state index is 11.8. The Morgan fingerprint density at radius 3 is 2.43 bits per heavy atom. The van der Waals surface area contributed by atoms with Crippen LogP contribution in [-0.2, 0) is 14.3 Å². The molecule has 0 fully saturated rings. The van der Waals surface area contributed by atoms with Gasteiger partial charge in [0.05, 0.1) is 0 Å². The number of nitrogens with one attached hydrogen (secondary N) is 2. The minimum absolute atomic E-state index is 0.200. The zero-order valence-electron chi connectivity index (χ0n) is 12.7. The molecule has 2 N–H and O–H groups in total. The molecule has 2 aromatic rings. The van der Waals surface area contributed by atoms with Crippen LogP contribution in [-0.4, -0.2) is 24.4 Å². The minimum atomic E-state index is -0.514. The molecule has 120 valence electrons. The Balaban J connectivity index is 1.89. The largest absolute Gasteiger partial charge is 0.451 e. The Kier molecular flexibility index (Phi) is 5.48. The molecule has 0 radical (unpaired) electrons. The second-order valence-corrected chi connectivity index (χ2v) is 5.74. The number of benzene rings is 1. The summed E-state index contributed by atoms with van der Waals surface area (Å²) in [5.74, 6) is -1.17. The summed E-state index contributed by atoms with van der Waals surface area (Å²) < 4.78 is 4.99. The first kappa shape index (κ1) is 16.7. The van der Waals surface area contributed by atoms with E-state index in [0.29, 0.717) is 16.3 Å². The van der Waals surface area contributed by atoms with E-state index in [0.717, 1.165) is 5.56 Å². The number of hydrogen-bond donors (Lipinski definition) is 2. The van der Waals surface area contributed by atoms with Gasteiger partial charge >= 0.3 is 5.97 Å². The van der Waals surface area contributed by atoms with Crippen LogP contribution in [0.1, 0.15) is 22.2 Å². The number of hydrogen-bond acceptors (Lipinski definition) is 5. The Morgan fingerprint density at radius 1 is 1.13 bits per heavy atom. The van der Waals surface area contributed by atoms with E-state index in [9.17, 15) is 14.4 Å². The molecule has 1 aromatic heterocycles. The number of carbonyl (C=O) groups is 3. The monoisotopic (exact) mass is 332 g/mol. The molecule has 2 amide bonds. The van der Waals surface area contributed by atoms with Crippen molar-refractivity contribution < 1.29 is 19.1 Å². The van der Waals surface area contributed by atoms with Crippen LogP contribution in [0.4, 0.5) is 11.4 Å². The van der Waals surface area contributed by atoms with Crippen molar-refractivity contribution in [2.45, 2.75) is 13.8 Å². The third kappa shape index (κ3) is 4.93. The smallest absolute Gasteiger partial charge is 0.349 e. The van der Waals surface area contributed by atoms with Gasteiger partial charge in [-0.1, -0.05) is 6.07 Å². The molecule has 23 heavy (non-hydrogen) atoms. The molecule has 7 heteroatoms. The fourth-order valence-corrected chi connectivity index (χ4v) is 2.67. The number of aryl methyl sites for hydroxylation is 1. The molecular formula is C16H16N2O4S. The molecule has 0 atom stereocenters. The van der Waals surface area contributed by atoms with E-state index in [2.05, 4.69) is 10.6 Å². The van der Waals surface area contributed by atoms with E-state index >= 15 is 0 Å². The van der Waals surface area contributed by atoms with Gasteiger partial charge in [-0.15, -0.1) is 11.3 Å². The van der Waals surface area contributed by atoms with E-state index in [4.69, 9.17) is 4.74 Å². The molecule has 1 aromatic carbocycles. The summed E-state index contributed by atoms with van der Waals surface area (Å²) in [5.41, 5.74) is 1.90. The van der Waals surface area contributed by atoms with E-state index < -0.39 is 11.9 Å². The summed E-state index contributed by atoms with van der Waals surface area (Å²) >= 11 is 1.27. The lowest BCUT2D eigenvalue weighted by atomic mass is 10.2. The van der Waals surface area contributed by atoms with Gasteiger partial charge in [-0.05, 0) is 42.1 Å². The van der Waals surface area contributed by atoms with Crippen LogP contribution < -0.4 is 10.6 Å². The van der Waals surface area contributed by atoms with Gasteiger partial charge in [-0.25, -0.2) is 4.79 Å². The van der Waals surface area contributed by atoms with Crippen molar-refractivity contribution in [3.63, 3.8) is 0 Å². The van der Waals surface area contributed by atoms with Crippen molar-refractivity contribution >= 4 is 40.5 Å². The lowest BCUT2D eigenvalue weighted by Crippen LogP contribution is -2.21. The van der Waals surface area contributed by atoms with Crippen molar-refractivity contribution in [1.82, 2.24) is 0 Å². The van der Waals surface area contributed by atoms with Crippen molar-refractivity contribution in [2.24, 2.45) is 0 Å². The number of carbonyl (C=O) groups excluding carboxylic acids is 3. The van der Waals surface area contributed by atoms with Crippen LogP contribution in [0.25, 0.3) is 0 Å². The quantitative estimate of drug-likeness (QED) is 0.825. The highest BCUT2D eigenvalue weighted by Crippen LogP contribution is 2.17. The zero-order chi connectivity index (χ0) is 16.8. The van der Waals surface area contributed by atoms with Crippen LogP contribution in [0.5, 0.6) is 0 Å². The van der Waals surface area contributed by atoms with Crippen molar-refractivity contribution in [3.8, 4) is 0 Å². The second-order valence-electron chi connectivity index (χ2n) is 4.82. The highest BCUT2D eigenvalue weighted by atomic mass is 32.1. The fourth-order valence-electron chi connectivity index (χ4n) is 1.85. The standard InChI is InChI=1S/C16H16N2O4S/c1-10-6-7-23-15(10)16(21)22-9-14(20)18-13-5-3-4-12(8-13)17-11(2)19/h3-8H,9H2,1-2H3,(H,17,19)(H,18,20). The summed E-state index contributed by atoms with van der Waals surface area (Å²) in [6, 6.07) is 8.51. The highest BCUT2D eigenvalue weighted by Gasteiger charge is 2.14. The first-order valence-corrected chi connectivity index (χ1v) is 7.72. The van der Waals surface area contributed by atoms with Gasteiger partial charge < -0.3 is 15.4 Å². The predicted octanol–water partition coefficient (Wildman–Crippen LogP) is 2.81. The van der Waals surface area contributed by atoms with E-state index in [1.54, 1.807) is 36.6 Å². The molecule has 0 unspecified atom stereocenters. The molecule has 0 saturated heterocycles. The first-order valence-electron chi connectivity index (χ1n) is 6.84. The SMILES string of the molecule is CC(=O)Nc1cccc(NC(=O)COC(=O)c2sccc2C)c1. The van der Waals surface area contributed by atoms with Gasteiger partial charge in [0.25, 0.3) is 5.91 Å². The molecule has 6 nitrogen and oxygen atoms in total. The second kappa shape index (κ2) is 7.55. The zero-order valence-corrected chi connectivity index (χ0v) is 13.5. The van der Waals surface area contributed by atoms with Gasteiger partial charge in [-0.2, -0.15) is 0 Å². The number of thiophene rings is 1. The Hall–Kier alpha value is -2.67. The van der Waals surface area contributed by atoms with Crippen molar-refractivity contribution in [1.29, 1.82) is 0 Å². The summed E-state index contributed by atoms with van der Waals surface area (Å²) in [5, 5.41) is 7.02. The number of rotatable bonds is 5.